The second-order valence-corrected chi connectivity index (χ2v) is 7.77. The van der Waals surface area contributed by atoms with Crippen molar-refractivity contribution >= 4 is 0 Å². The van der Waals surface area contributed by atoms with Gasteiger partial charge in [0.2, 0.25) is 0 Å². The number of hydrogen-bond acceptors (Lipinski definition) is 2. The maximum atomic E-state index is 6.34. The molecule has 3 atom stereocenters. The first-order valence-electron chi connectivity index (χ1n) is 8.37. The molecule has 0 radical (unpaired) electrons. The first-order valence-corrected chi connectivity index (χ1v) is 8.37. The van der Waals surface area contributed by atoms with Crippen LogP contribution in [0.4, 0.5) is 0 Å². The van der Waals surface area contributed by atoms with Crippen molar-refractivity contribution < 1.29 is 4.74 Å². The first-order chi connectivity index (χ1) is 9.97. The van der Waals surface area contributed by atoms with Crippen LogP contribution < -0.4 is 5.73 Å². The third kappa shape index (κ3) is 2.43. The number of ether oxygens (including phenoxy) is 1. The Morgan fingerprint density at radius 3 is 2.33 bits per heavy atom. The van der Waals surface area contributed by atoms with Crippen molar-refractivity contribution in [3.05, 3.63) is 35.4 Å². The third-order valence-corrected chi connectivity index (χ3v) is 6.62. The average Bonchev–Trinajstić information content (AvgIpc) is 2.80. The van der Waals surface area contributed by atoms with Gasteiger partial charge in [-0.05, 0) is 60.1 Å². The molecule has 2 aliphatic carbocycles. The molecule has 0 spiro atoms. The Morgan fingerprint density at radius 2 is 1.81 bits per heavy atom. The second kappa shape index (κ2) is 5.40. The van der Waals surface area contributed by atoms with Crippen LogP contribution in [0.5, 0.6) is 0 Å². The lowest BCUT2D eigenvalue weighted by Crippen LogP contribution is -2.37. The Labute approximate surface area is 129 Å². The first kappa shape index (κ1) is 15.1. The van der Waals surface area contributed by atoms with E-state index < -0.39 is 0 Å². The zero-order valence-corrected chi connectivity index (χ0v) is 13.7. The summed E-state index contributed by atoms with van der Waals surface area (Å²) in [6.45, 7) is 8.78. The van der Waals surface area contributed by atoms with Crippen molar-refractivity contribution in [1.29, 1.82) is 0 Å². The van der Waals surface area contributed by atoms with E-state index in [-0.39, 0.29) is 0 Å². The summed E-state index contributed by atoms with van der Waals surface area (Å²) in [6.07, 6.45) is 5.34. The molecule has 0 heterocycles. The monoisotopic (exact) mass is 287 g/mol. The Balaban J connectivity index is 1.61. The lowest BCUT2D eigenvalue weighted by molar-refractivity contribution is -0.0550. The Kier molecular flexibility index (Phi) is 3.87. The maximum Gasteiger partial charge on any atom is 0.0720 e. The number of nitrogens with two attached hydrogens (primary N) is 1. The highest BCUT2D eigenvalue weighted by molar-refractivity contribution is 5.22. The predicted octanol–water partition coefficient (Wildman–Crippen LogP) is 3.92. The molecule has 0 amide bonds. The summed E-state index contributed by atoms with van der Waals surface area (Å²) < 4.78 is 6.34. The molecule has 0 saturated heterocycles. The summed E-state index contributed by atoms with van der Waals surface area (Å²) >= 11 is 0. The van der Waals surface area contributed by atoms with E-state index in [0.29, 0.717) is 23.5 Å². The normalized spacial score (nSPS) is 33.5. The predicted molar refractivity (Wildman–Crippen MR) is 87.0 cm³/mol. The summed E-state index contributed by atoms with van der Waals surface area (Å²) in [6, 6.07) is 8.73. The van der Waals surface area contributed by atoms with Gasteiger partial charge in [-0.1, -0.05) is 45.0 Å². The van der Waals surface area contributed by atoms with Crippen LogP contribution in [0.3, 0.4) is 0 Å². The highest BCUT2D eigenvalue weighted by Gasteiger charge is 2.61. The van der Waals surface area contributed by atoms with E-state index in [1.165, 1.54) is 30.4 Å². The lowest BCUT2D eigenvalue weighted by atomic mass is 9.70. The van der Waals surface area contributed by atoms with E-state index in [0.717, 1.165) is 18.9 Å². The molecule has 2 aliphatic rings. The van der Waals surface area contributed by atoms with Crippen LogP contribution in [0, 0.1) is 16.7 Å². The van der Waals surface area contributed by atoms with Crippen molar-refractivity contribution in [2.75, 3.05) is 6.54 Å². The molecule has 1 aromatic carbocycles. The van der Waals surface area contributed by atoms with Gasteiger partial charge < -0.3 is 10.5 Å². The minimum absolute atomic E-state index is 0.358. The minimum atomic E-state index is 0.358. The molecule has 2 fully saturated rings. The van der Waals surface area contributed by atoms with Crippen molar-refractivity contribution in [3.8, 4) is 0 Å². The molecule has 3 rings (SSSR count). The summed E-state index contributed by atoms with van der Waals surface area (Å²) in [5.74, 6) is 0.847. The van der Waals surface area contributed by atoms with Gasteiger partial charge in [-0.2, -0.15) is 0 Å². The highest BCUT2D eigenvalue weighted by Crippen LogP contribution is 2.66. The van der Waals surface area contributed by atoms with Crippen molar-refractivity contribution in [3.63, 3.8) is 0 Å². The van der Waals surface area contributed by atoms with Crippen LogP contribution in [0.2, 0.25) is 0 Å². The van der Waals surface area contributed by atoms with Gasteiger partial charge in [0, 0.05) is 0 Å². The van der Waals surface area contributed by atoms with E-state index in [9.17, 15) is 0 Å². The molecule has 21 heavy (non-hydrogen) atoms. The van der Waals surface area contributed by atoms with Crippen molar-refractivity contribution in [2.24, 2.45) is 22.5 Å². The van der Waals surface area contributed by atoms with Crippen LogP contribution in [0.15, 0.2) is 24.3 Å². The van der Waals surface area contributed by atoms with Gasteiger partial charge in [0.25, 0.3) is 0 Å². The fraction of sp³-hybridized carbons (Fsp3) is 0.684. The molecule has 2 N–H and O–H groups in total. The van der Waals surface area contributed by atoms with Crippen molar-refractivity contribution in [2.45, 2.75) is 59.2 Å². The summed E-state index contributed by atoms with van der Waals surface area (Å²) in [4.78, 5) is 0. The fourth-order valence-electron chi connectivity index (χ4n) is 4.55. The zero-order chi connectivity index (χ0) is 15.1. The quantitative estimate of drug-likeness (QED) is 0.891. The molecule has 2 heteroatoms. The van der Waals surface area contributed by atoms with E-state index in [1.807, 2.05) is 0 Å². The topological polar surface area (TPSA) is 35.2 Å². The smallest absolute Gasteiger partial charge is 0.0720 e. The number of hydrogen-bond donors (Lipinski definition) is 1. The van der Waals surface area contributed by atoms with E-state index in [2.05, 4.69) is 45.0 Å². The molecule has 0 aliphatic heterocycles. The number of fused-ring (bicyclic) bond motifs is 2. The summed E-state index contributed by atoms with van der Waals surface area (Å²) in [7, 11) is 0. The van der Waals surface area contributed by atoms with Crippen LogP contribution in [0.1, 0.15) is 51.2 Å². The van der Waals surface area contributed by atoms with Crippen LogP contribution >= 0.6 is 0 Å². The van der Waals surface area contributed by atoms with Gasteiger partial charge in [-0.25, -0.2) is 0 Å². The van der Waals surface area contributed by atoms with E-state index in [1.54, 1.807) is 0 Å². The molecule has 1 aromatic rings. The van der Waals surface area contributed by atoms with Crippen LogP contribution in [-0.2, 0) is 17.8 Å². The van der Waals surface area contributed by atoms with Gasteiger partial charge in [0.1, 0.15) is 0 Å². The van der Waals surface area contributed by atoms with E-state index in [4.69, 9.17) is 10.5 Å². The van der Waals surface area contributed by atoms with E-state index >= 15 is 0 Å². The van der Waals surface area contributed by atoms with Crippen LogP contribution in [-0.4, -0.2) is 12.6 Å². The van der Waals surface area contributed by atoms with Gasteiger partial charge >= 0.3 is 0 Å². The Morgan fingerprint density at radius 1 is 1.14 bits per heavy atom. The van der Waals surface area contributed by atoms with Gasteiger partial charge in [-0.15, -0.1) is 0 Å². The SMILES string of the molecule is CC1(C)C2CCC1(C)C(OCc1ccc(CCN)cc1)C2. The van der Waals surface area contributed by atoms with Gasteiger partial charge in [-0.3, -0.25) is 0 Å². The fourth-order valence-corrected chi connectivity index (χ4v) is 4.55. The Bertz CT molecular complexity index is 493. The largest absolute Gasteiger partial charge is 0.373 e. The summed E-state index contributed by atoms with van der Waals surface area (Å²) in [5.41, 5.74) is 8.97. The molecule has 116 valence electrons. The molecule has 0 aromatic heterocycles. The van der Waals surface area contributed by atoms with Crippen molar-refractivity contribution in [1.82, 2.24) is 0 Å². The highest BCUT2D eigenvalue weighted by atomic mass is 16.5. The zero-order valence-electron chi connectivity index (χ0n) is 13.7. The molecular weight excluding hydrogens is 258 g/mol. The second-order valence-electron chi connectivity index (χ2n) is 7.77. The standard InChI is InChI=1S/C19H29NO/c1-18(2)16-8-10-19(18,3)17(12-16)21-13-15-6-4-14(5-7-15)9-11-20/h4-7,16-17H,8-13,20H2,1-3H3. The molecule has 2 saturated carbocycles. The Hall–Kier alpha value is -0.860. The lowest BCUT2D eigenvalue weighted by Gasteiger charge is -2.38. The number of rotatable bonds is 5. The molecular formula is C19H29NO. The molecule has 2 bridgehead atoms. The minimum Gasteiger partial charge on any atom is -0.373 e. The molecule has 2 nitrogen and oxygen atoms in total. The molecule has 3 unspecified atom stereocenters. The third-order valence-electron chi connectivity index (χ3n) is 6.62. The average molecular weight is 287 g/mol. The number of benzene rings is 1. The van der Waals surface area contributed by atoms with Gasteiger partial charge in [0.15, 0.2) is 0 Å². The summed E-state index contributed by atoms with van der Waals surface area (Å²) in [5, 5.41) is 0. The maximum absolute atomic E-state index is 6.34. The van der Waals surface area contributed by atoms with Gasteiger partial charge in [0.05, 0.1) is 12.7 Å². The van der Waals surface area contributed by atoms with Crippen LogP contribution in [0.25, 0.3) is 0 Å².